The minimum absolute atomic E-state index is 0.0179. The van der Waals surface area contributed by atoms with E-state index in [1.54, 1.807) is 13.0 Å². The van der Waals surface area contributed by atoms with Crippen molar-refractivity contribution < 1.29 is 61.6 Å². The van der Waals surface area contributed by atoms with E-state index in [1.165, 1.54) is 18.2 Å². The number of halogens is 4. The number of ether oxygens (including phenoxy) is 1. The van der Waals surface area contributed by atoms with Crippen LogP contribution in [0, 0.1) is 11.2 Å². The zero-order valence-corrected chi connectivity index (χ0v) is 21.5. The lowest BCUT2D eigenvalue weighted by Crippen LogP contribution is -2.33. The summed E-state index contributed by atoms with van der Waals surface area (Å²) in [6, 6.07) is 6.61. The van der Waals surface area contributed by atoms with Gasteiger partial charge in [-0.1, -0.05) is 0 Å². The Balaban J connectivity index is 0.00000130. The molecule has 2 aromatic rings. The molecule has 1 aromatic heterocycles. The number of rotatable bonds is 10. The Hall–Kier alpha value is -4.54. The van der Waals surface area contributed by atoms with Crippen molar-refractivity contribution in [3.8, 4) is 5.75 Å². The number of nitrogen functional groups attached to an aromatic ring is 1. The van der Waals surface area contributed by atoms with E-state index in [9.17, 15) is 31.9 Å². The smallest absolute Gasteiger partial charge is 0.483 e. The third kappa shape index (κ3) is 14.4. The molecule has 220 valence electrons. The predicted molar refractivity (Wildman–Crippen MR) is 132 cm³/mol. The van der Waals surface area contributed by atoms with Gasteiger partial charge in [-0.15, -0.1) is 11.3 Å². The van der Waals surface area contributed by atoms with Gasteiger partial charge >= 0.3 is 24.1 Å². The molecule has 1 amide bonds. The summed E-state index contributed by atoms with van der Waals surface area (Å²) in [5, 5.41) is 32.7. The van der Waals surface area contributed by atoms with Crippen LogP contribution in [0.3, 0.4) is 0 Å². The second-order valence-corrected chi connectivity index (χ2v) is 8.69. The van der Waals surface area contributed by atoms with Crippen LogP contribution in [0.15, 0.2) is 30.3 Å². The molecular weight excluding hydrogens is 570 g/mol. The Labute approximate surface area is 227 Å². The maximum atomic E-state index is 14.0. The standard InChI is InChI=1S/C20H22FN3O5S.C2HF3O2.CH2O2/c1-11(2-9-18(26)27)24-17(25)8-5-13-4-7-16(30-13)20(28)29-15-6-3-12(19(22)23)10-14(15)21;3-2(4,5)1(6)7;2-1-3/h3-4,6-7,10-11H,2,5,8-9H2,1H3,(H3,22,23)(H,24,25)(H,26,27);(H,6,7);1H,(H,2,3). The third-order valence-electron chi connectivity index (χ3n) is 4.35. The van der Waals surface area contributed by atoms with E-state index < -0.39 is 29.9 Å². The van der Waals surface area contributed by atoms with Crippen LogP contribution in [0.2, 0.25) is 0 Å². The summed E-state index contributed by atoms with van der Waals surface area (Å²) >= 11 is 1.14. The van der Waals surface area contributed by atoms with Crippen LogP contribution in [-0.2, 0) is 25.6 Å². The van der Waals surface area contributed by atoms with Crippen LogP contribution in [0.25, 0.3) is 0 Å². The van der Waals surface area contributed by atoms with Crippen molar-refractivity contribution in [2.24, 2.45) is 5.73 Å². The zero-order valence-electron chi connectivity index (χ0n) is 20.7. The molecule has 0 aliphatic rings. The minimum atomic E-state index is -5.08. The molecule has 0 bridgehead atoms. The largest absolute Gasteiger partial charge is 0.490 e. The van der Waals surface area contributed by atoms with E-state index in [2.05, 4.69) is 5.32 Å². The van der Waals surface area contributed by atoms with Crippen molar-refractivity contribution in [2.75, 3.05) is 0 Å². The van der Waals surface area contributed by atoms with Crippen molar-refractivity contribution >= 4 is 47.5 Å². The number of carboxylic acids is 2. The number of nitrogens with two attached hydrogens (primary N) is 1. The first-order valence-electron chi connectivity index (χ1n) is 10.9. The molecule has 0 saturated heterocycles. The topological polar surface area (TPSA) is 217 Å². The Kier molecular flexibility index (Phi) is 15.2. The summed E-state index contributed by atoms with van der Waals surface area (Å²) in [4.78, 5) is 53.0. The molecule has 0 spiro atoms. The number of thiophene rings is 1. The highest BCUT2D eigenvalue weighted by molar-refractivity contribution is 7.13. The summed E-state index contributed by atoms with van der Waals surface area (Å²) < 4.78 is 50.8. The zero-order chi connectivity index (χ0) is 31.0. The molecule has 40 heavy (non-hydrogen) atoms. The second kappa shape index (κ2) is 17.1. The van der Waals surface area contributed by atoms with Gasteiger partial charge in [0.05, 0.1) is 0 Å². The average Bonchev–Trinajstić information content (AvgIpc) is 3.32. The molecular formula is C23H25F4N3O9S. The second-order valence-electron chi connectivity index (χ2n) is 7.52. The maximum Gasteiger partial charge on any atom is 0.490 e. The molecule has 12 nitrogen and oxygen atoms in total. The number of benzene rings is 1. The third-order valence-corrected chi connectivity index (χ3v) is 5.47. The molecule has 2 rings (SSSR count). The maximum absolute atomic E-state index is 14.0. The molecule has 7 N–H and O–H groups in total. The van der Waals surface area contributed by atoms with Crippen LogP contribution in [-0.4, -0.2) is 63.7 Å². The van der Waals surface area contributed by atoms with Gasteiger partial charge in [-0.2, -0.15) is 13.2 Å². The number of nitrogens with one attached hydrogen (secondary N) is 2. The van der Waals surface area contributed by atoms with Gasteiger partial charge in [0.2, 0.25) is 5.91 Å². The number of hydrogen-bond donors (Lipinski definition) is 6. The minimum Gasteiger partial charge on any atom is -0.483 e. The number of alkyl halides is 3. The van der Waals surface area contributed by atoms with Crippen LogP contribution in [0.4, 0.5) is 17.6 Å². The number of esters is 1. The van der Waals surface area contributed by atoms with Crippen molar-refractivity contribution in [1.82, 2.24) is 5.32 Å². The number of hydrogen-bond acceptors (Lipinski definition) is 8. The number of amides is 1. The van der Waals surface area contributed by atoms with Gasteiger partial charge in [0, 0.05) is 29.3 Å². The van der Waals surface area contributed by atoms with Crippen molar-refractivity contribution in [3.05, 3.63) is 51.5 Å². The Morgan fingerprint density at radius 2 is 1.73 bits per heavy atom. The van der Waals surface area contributed by atoms with Gasteiger partial charge < -0.3 is 31.1 Å². The van der Waals surface area contributed by atoms with E-state index >= 15 is 0 Å². The number of carboxylic acid groups (broad SMARTS) is 3. The number of amidine groups is 1. The molecule has 17 heteroatoms. The molecule has 0 saturated carbocycles. The monoisotopic (exact) mass is 595 g/mol. The molecule has 1 aromatic carbocycles. The van der Waals surface area contributed by atoms with Gasteiger partial charge in [-0.25, -0.2) is 14.0 Å². The first kappa shape index (κ1) is 35.5. The van der Waals surface area contributed by atoms with E-state index in [-0.39, 0.29) is 53.3 Å². The number of aliphatic carboxylic acids is 2. The summed E-state index contributed by atoms with van der Waals surface area (Å²) in [7, 11) is 0. The van der Waals surface area contributed by atoms with Crippen LogP contribution >= 0.6 is 11.3 Å². The van der Waals surface area contributed by atoms with Gasteiger partial charge in [0.1, 0.15) is 10.7 Å². The molecule has 1 atom stereocenters. The van der Waals surface area contributed by atoms with Crippen LogP contribution in [0.1, 0.15) is 46.3 Å². The highest BCUT2D eigenvalue weighted by Gasteiger charge is 2.38. The highest BCUT2D eigenvalue weighted by atomic mass is 32.1. The molecule has 1 heterocycles. The lowest BCUT2D eigenvalue weighted by Gasteiger charge is -2.12. The summed E-state index contributed by atoms with van der Waals surface area (Å²) in [5.74, 6) is -5.98. The first-order chi connectivity index (χ1) is 18.5. The predicted octanol–water partition coefficient (Wildman–Crippen LogP) is 3.03. The summed E-state index contributed by atoms with van der Waals surface area (Å²) in [6.45, 7) is 1.49. The van der Waals surface area contributed by atoms with E-state index in [1.807, 2.05) is 0 Å². The number of aryl methyl sites for hydroxylation is 1. The number of carbonyl (C=O) groups is 5. The molecule has 0 aliphatic heterocycles. The quantitative estimate of drug-likeness (QED) is 0.0589. The Bertz CT molecular complexity index is 1200. The normalized spacial score (nSPS) is 10.9. The molecule has 0 fully saturated rings. The molecule has 1 unspecified atom stereocenters. The lowest BCUT2D eigenvalue weighted by molar-refractivity contribution is -0.192. The average molecular weight is 596 g/mol. The van der Waals surface area contributed by atoms with Gasteiger partial charge in [0.25, 0.3) is 6.47 Å². The van der Waals surface area contributed by atoms with Gasteiger partial charge in [-0.3, -0.25) is 19.8 Å². The fourth-order valence-electron chi connectivity index (χ4n) is 2.52. The highest BCUT2D eigenvalue weighted by Crippen LogP contribution is 2.23. The molecule has 0 aliphatic carbocycles. The summed E-state index contributed by atoms with van der Waals surface area (Å²) in [5.41, 5.74) is 5.47. The fraction of sp³-hybridized carbons (Fsp3) is 0.304. The summed E-state index contributed by atoms with van der Waals surface area (Å²) in [6.07, 6.45) is -4.17. The Morgan fingerprint density at radius 3 is 2.20 bits per heavy atom. The van der Waals surface area contributed by atoms with E-state index in [0.717, 1.165) is 22.3 Å². The first-order valence-corrected chi connectivity index (χ1v) is 11.7. The number of carbonyl (C=O) groups excluding carboxylic acids is 2. The van der Waals surface area contributed by atoms with Gasteiger partial charge in [0.15, 0.2) is 11.6 Å². The lowest BCUT2D eigenvalue weighted by atomic mass is 10.1. The molecule has 0 radical (unpaired) electrons. The van der Waals surface area contributed by atoms with E-state index in [4.69, 9.17) is 40.8 Å². The van der Waals surface area contributed by atoms with Crippen molar-refractivity contribution in [2.45, 2.75) is 44.8 Å². The van der Waals surface area contributed by atoms with E-state index in [0.29, 0.717) is 12.8 Å². The SMILES string of the molecule is CC(CCC(=O)O)NC(=O)CCc1ccc(C(=O)Oc2ccc(C(=N)N)cc2F)s1.O=C(O)C(F)(F)F.O=CO. The van der Waals surface area contributed by atoms with Crippen molar-refractivity contribution in [3.63, 3.8) is 0 Å². The fourth-order valence-corrected chi connectivity index (χ4v) is 3.40. The van der Waals surface area contributed by atoms with Crippen LogP contribution in [0.5, 0.6) is 5.75 Å². The van der Waals surface area contributed by atoms with Gasteiger partial charge in [-0.05, 0) is 50.1 Å². The van der Waals surface area contributed by atoms with Crippen molar-refractivity contribution in [1.29, 1.82) is 5.41 Å². The Morgan fingerprint density at radius 1 is 1.15 bits per heavy atom. The van der Waals surface area contributed by atoms with Crippen LogP contribution < -0.4 is 15.8 Å².